The number of amides is 1. The number of hydrogen-bond acceptors (Lipinski definition) is 3. The molecule has 126 valence electrons. The molecule has 0 radical (unpaired) electrons. The number of nitrogens with one attached hydrogen (secondary N) is 1. The maximum absolute atomic E-state index is 12.7. The molecule has 3 nitrogen and oxygen atoms in total. The Morgan fingerprint density at radius 1 is 1.08 bits per heavy atom. The molecule has 1 aliphatic rings. The molecule has 24 heavy (non-hydrogen) atoms. The van der Waals surface area contributed by atoms with Crippen LogP contribution in [0.5, 0.6) is 0 Å². The van der Waals surface area contributed by atoms with Crippen molar-refractivity contribution in [2.24, 2.45) is 0 Å². The smallest absolute Gasteiger partial charge is 0.241 e. The standard InChI is InChI=1S/C20H24N2OS/c1-16(22-11-13-24-14-12-22)20(23)21-19-10-6-5-9-18(19)15-17-7-3-2-4-8-17/h2-10,16H,11-15H2,1H3,(H,21,23)/t16-/m1/s1. The number of anilines is 1. The zero-order valence-electron chi connectivity index (χ0n) is 14.1. The number of hydrogen-bond donors (Lipinski definition) is 1. The van der Waals surface area contributed by atoms with Gasteiger partial charge in [-0.1, -0.05) is 48.5 Å². The topological polar surface area (TPSA) is 32.3 Å². The fourth-order valence-corrected chi connectivity index (χ4v) is 3.91. The van der Waals surface area contributed by atoms with E-state index in [1.54, 1.807) is 0 Å². The second-order valence-electron chi connectivity index (χ2n) is 6.13. The Bertz CT molecular complexity index is 668. The molecule has 1 fully saturated rings. The van der Waals surface area contributed by atoms with E-state index in [0.717, 1.165) is 42.3 Å². The second-order valence-corrected chi connectivity index (χ2v) is 7.36. The van der Waals surface area contributed by atoms with E-state index >= 15 is 0 Å². The highest BCUT2D eigenvalue weighted by Crippen LogP contribution is 2.20. The third-order valence-electron chi connectivity index (χ3n) is 4.49. The predicted octanol–water partition coefficient (Wildman–Crippen LogP) is 3.65. The Labute approximate surface area is 148 Å². The molecule has 1 heterocycles. The minimum Gasteiger partial charge on any atom is -0.324 e. The van der Waals surface area contributed by atoms with Crippen molar-refractivity contribution in [1.29, 1.82) is 0 Å². The lowest BCUT2D eigenvalue weighted by Crippen LogP contribution is -2.46. The van der Waals surface area contributed by atoms with Crippen LogP contribution >= 0.6 is 11.8 Å². The van der Waals surface area contributed by atoms with Crippen LogP contribution in [0.1, 0.15) is 18.1 Å². The minimum atomic E-state index is -0.0873. The summed E-state index contributed by atoms with van der Waals surface area (Å²) in [7, 11) is 0. The van der Waals surface area contributed by atoms with Crippen LogP contribution < -0.4 is 5.32 Å². The van der Waals surface area contributed by atoms with E-state index in [4.69, 9.17) is 0 Å². The number of carbonyl (C=O) groups excluding carboxylic acids is 1. The summed E-state index contributed by atoms with van der Waals surface area (Å²) in [6, 6.07) is 18.4. The molecule has 0 bridgehead atoms. The number of para-hydroxylation sites is 1. The number of thioether (sulfide) groups is 1. The lowest BCUT2D eigenvalue weighted by molar-refractivity contribution is -0.120. The van der Waals surface area contributed by atoms with Crippen LogP contribution in [0.3, 0.4) is 0 Å². The molecule has 1 N–H and O–H groups in total. The van der Waals surface area contributed by atoms with Crippen molar-refractivity contribution in [3.05, 3.63) is 65.7 Å². The van der Waals surface area contributed by atoms with Gasteiger partial charge in [0.2, 0.25) is 5.91 Å². The summed E-state index contributed by atoms with van der Waals surface area (Å²) in [6.07, 6.45) is 0.825. The molecule has 0 aromatic heterocycles. The summed E-state index contributed by atoms with van der Waals surface area (Å²) in [5.41, 5.74) is 3.32. The van der Waals surface area contributed by atoms with E-state index in [9.17, 15) is 4.79 Å². The molecule has 4 heteroatoms. The lowest BCUT2D eigenvalue weighted by atomic mass is 10.0. The molecule has 1 amide bonds. The molecule has 1 saturated heterocycles. The zero-order valence-corrected chi connectivity index (χ0v) is 14.9. The summed E-state index contributed by atoms with van der Waals surface area (Å²) in [4.78, 5) is 14.9. The van der Waals surface area contributed by atoms with Crippen LogP contribution in [-0.2, 0) is 11.2 Å². The SMILES string of the molecule is C[C@H](C(=O)Nc1ccccc1Cc1ccccc1)N1CCSCC1. The lowest BCUT2D eigenvalue weighted by Gasteiger charge is -2.31. The van der Waals surface area contributed by atoms with Gasteiger partial charge in [-0.15, -0.1) is 0 Å². The van der Waals surface area contributed by atoms with Crippen molar-refractivity contribution in [1.82, 2.24) is 4.90 Å². The Hall–Kier alpha value is -1.78. The summed E-state index contributed by atoms with van der Waals surface area (Å²) >= 11 is 1.96. The molecule has 0 aliphatic carbocycles. The average Bonchev–Trinajstić information content (AvgIpc) is 2.64. The van der Waals surface area contributed by atoms with Crippen LogP contribution in [0.4, 0.5) is 5.69 Å². The van der Waals surface area contributed by atoms with E-state index in [0.29, 0.717) is 0 Å². The Morgan fingerprint density at radius 2 is 1.75 bits per heavy atom. The molecule has 2 aromatic carbocycles. The van der Waals surface area contributed by atoms with Gasteiger partial charge in [0.05, 0.1) is 6.04 Å². The fraction of sp³-hybridized carbons (Fsp3) is 0.350. The van der Waals surface area contributed by atoms with Gasteiger partial charge in [0.1, 0.15) is 0 Å². The van der Waals surface area contributed by atoms with Gasteiger partial charge in [-0.3, -0.25) is 9.69 Å². The Balaban J connectivity index is 1.69. The van der Waals surface area contributed by atoms with Crippen molar-refractivity contribution in [2.45, 2.75) is 19.4 Å². The largest absolute Gasteiger partial charge is 0.324 e. The minimum absolute atomic E-state index is 0.0856. The summed E-state index contributed by atoms with van der Waals surface area (Å²) in [5.74, 6) is 2.31. The summed E-state index contributed by atoms with van der Waals surface area (Å²) in [5, 5.41) is 3.14. The monoisotopic (exact) mass is 340 g/mol. The third-order valence-corrected chi connectivity index (χ3v) is 5.43. The average molecular weight is 340 g/mol. The maximum atomic E-state index is 12.7. The molecule has 3 rings (SSSR count). The first kappa shape index (κ1) is 17.1. The molecular weight excluding hydrogens is 316 g/mol. The highest BCUT2D eigenvalue weighted by molar-refractivity contribution is 7.99. The van der Waals surface area contributed by atoms with E-state index in [-0.39, 0.29) is 11.9 Å². The van der Waals surface area contributed by atoms with Crippen LogP contribution in [-0.4, -0.2) is 41.4 Å². The van der Waals surface area contributed by atoms with Crippen LogP contribution in [0, 0.1) is 0 Å². The first-order valence-electron chi connectivity index (χ1n) is 8.48. The van der Waals surface area contributed by atoms with Gasteiger partial charge in [0, 0.05) is 30.3 Å². The van der Waals surface area contributed by atoms with Crippen LogP contribution in [0.25, 0.3) is 0 Å². The van der Waals surface area contributed by atoms with Crippen molar-refractivity contribution in [3.8, 4) is 0 Å². The zero-order chi connectivity index (χ0) is 16.8. The van der Waals surface area contributed by atoms with Crippen molar-refractivity contribution in [3.63, 3.8) is 0 Å². The van der Waals surface area contributed by atoms with Gasteiger partial charge in [0.15, 0.2) is 0 Å². The third kappa shape index (κ3) is 4.40. The molecule has 0 saturated carbocycles. The molecular formula is C20H24N2OS. The first-order valence-corrected chi connectivity index (χ1v) is 9.64. The van der Waals surface area contributed by atoms with E-state index in [1.807, 2.05) is 55.1 Å². The van der Waals surface area contributed by atoms with Gasteiger partial charge in [0.25, 0.3) is 0 Å². The normalized spacial score (nSPS) is 16.5. The number of rotatable bonds is 5. The number of nitrogens with zero attached hydrogens (tertiary/aromatic N) is 1. The molecule has 1 aliphatic heterocycles. The van der Waals surface area contributed by atoms with Crippen LogP contribution in [0.2, 0.25) is 0 Å². The molecule has 2 aromatic rings. The predicted molar refractivity (Wildman–Crippen MR) is 103 cm³/mol. The maximum Gasteiger partial charge on any atom is 0.241 e. The van der Waals surface area contributed by atoms with Crippen molar-refractivity contribution >= 4 is 23.4 Å². The quantitative estimate of drug-likeness (QED) is 0.902. The fourth-order valence-electron chi connectivity index (χ4n) is 2.98. The van der Waals surface area contributed by atoms with Crippen LogP contribution in [0.15, 0.2) is 54.6 Å². The van der Waals surface area contributed by atoms with E-state index < -0.39 is 0 Å². The van der Waals surface area contributed by atoms with Crippen molar-refractivity contribution < 1.29 is 4.79 Å². The van der Waals surface area contributed by atoms with Gasteiger partial charge in [-0.25, -0.2) is 0 Å². The highest BCUT2D eigenvalue weighted by Gasteiger charge is 2.23. The van der Waals surface area contributed by atoms with Gasteiger partial charge in [-0.05, 0) is 30.5 Å². The molecule has 0 spiro atoms. The highest BCUT2D eigenvalue weighted by atomic mass is 32.2. The summed E-state index contributed by atoms with van der Waals surface area (Å²) in [6.45, 7) is 3.99. The number of benzene rings is 2. The molecule has 0 unspecified atom stereocenters. The Morgan fingerprint density at radius 3 is 2.50 bits per heavy atom. The first-order chi connectivity index (χ1) is 11.7. The van der Waals surface area contributed by atoms with Gasteiger partial charge < -0.3 is 5.32 Å². The second kappa shape index (κ2) is 8.36. The molecule has 1 atom stereocenters. The number of carbonyl (C=O) groups is 1. The van der Waals surface area contributed by atoms with Gasteiger partial charge >= 0.3 is 0 Å². The van der Waals surface area contributed by atoms with E-state index in [1.165, 1.54) is 5.56 Å². The summed E-state index contributed by atoms with van der Waals surface area (Å²) < 4.78 is 0. The van der Waals surface area contributed by atoms with Crippen molar-refractivity contribution in [2.75, 3.05) is 29.9 Å². The van der Waals surface area contributed by atoms with Gasteiger partial charge in [-0.2, -0.15) is 11.8 Å². The van der Waals surface area contributed by atoms with E-state index in [2.05, 4.69) is 28.4 Å². The Kier molecular flexibility index (Phi) is 5.94.